The Hall–Kier alpha value is -2.69. The van der Waals surface area contributed by atoms with Crippen LogP contribution in [0.15, 0.2) is 70.0 Å². The van der Waals surface area contributed by atoms with Gasteiger partial charge in [-0.2, -0.15) is 5.11 Å². The number of hydrogen-bond acceptors (Lipinski definition) is 3. The molecule has 0 unspecified atom stereocenters. The van der Waals surface area contributed by atoms with Crippen molar-refractivity contribution in [2.45, 2.75) is 6.54 Å². The lowest BCUT2D eigenvalue weighted by atomic mass is 10.1. The summed E-state index contributed by atoms with van der Waals surface area (Å²) in [4.78, 5) is 0. The molecule has 0 heterocycles. The SMILES string of the molecule is CN=NN=C(N)c1cccc(NCc2ccccc2)c1. The monoisotopic (exact) mass is 267 g/mol. The Labute approximate surface area is 118 Å². The van der Waals surface area contributed by atoms with Crippen LogP contribution in [-0.4, -0.2) is 12.9 Å². The first-order valence-corrected chi connectivity index (χ1v) is 6.30. The fourth-order valence-electron chi connectivity index (χ4n) is 1.74. The third kappa shape index (κ3) is 3.91. The van der Waals surface area contributed by atoms with Crippen LogP contribution in [0, 0.1) is 0 Å². The topological polar surface area (TPSA) is 75.1 Å². The maximum absolute atomic E-state index is 5.83. The highest BCUT2D eigenvalue weighted by atomic mass is 15.4. The van der Waals surface area contributed by atoms with Crippen LogP contribution in [0.4, 0.5) is 5.69 Å². The second-order valence-corrected chi connectivity index (χ2v) is 4.19. The zero-order valence-corrected chi connectivity index (χ0v) is 11.3. The molecule has 5 nitrogen and oxygen atoms in total. The van der Waals surface area contributed by atoms with Crippen LogP contribution in [0.5, 0.6) is 0 Å². The van der Waals surface area contributed by atoms with E-state index >= 15 is 0 Å². The van der Waals surface area contributed by atoms with Gasteiger partial charge >= 0.3 is 0 Å². The molecule has 0 aliphatic rings. The third-order valence-electron chi connectivity index (χ3n) is 2.74. The average molecular weight is 267 g/mol. The second kappa shape index (κ2) is 7.04. The molecule has 0 saturated carbocycles. The lowest BCUT2D eigenvalue weighted by Crippen LogP contribution is -2.13. The summed E-state index contributed by atoms with van der Waals surface area (Å²) in [6, 6.07) is 17.9. The first-order chi connectivity index (χ1) is 9.79. The number of nitrogens with zero attached hydrogens (tertiary/aromatic N) is 3. The maximum Gasteiger partial charge on any atom is 0.155 e. The van der Waals surface area contributed by atoms with Gasteiger partial charge in [-0.25, -0.2) is 0 Å². The predicted molar refractivity (Wildman–Crippen MR) is 81.7 cm³/mol. The van der Waals surface area contributed by atoms with Crippen molar-refractivity contribution in [2.24, 2.45) is 21.2 Å². The van der Waals surface area contributed by atoms with Crippen molar-refractivity contribution in [1.82, 2.24) is 0 Å². The van der Waals surface area contributed by atoms with E-state index in [2.05, 4.69) is 32.9 Å². The minimum atomic E-state index is 0.346. The standard InChI is InChI=1S/C15H17N5/c1-17-20-19-15(16)13-8-5-9-14(10-13)18-11-12-6-3-2-4-7-12/h2-10,18H,11H2,1H3,(H2,16,17,19). The van der Waals surface area contributed by atoms with E-state index in [9.17, 15) is 0 Å². The fourth-order valence-corrected chi connectivity index (χ4v) is 1.74. The van der Waals surface area contributed by atoms with E-state index in [1.165, 1.54) is 5.56 Å². The van der Waals surface area contributed by atoms with E-state index in [1.54, 1.807) is 7.05 Å². The molecule has 3 N–H and O–H groups in total. The number of anilines is 1. The molecule has 2 rings (SSSR count). The van der Waals surface area contributed by atoms with Gasteiger partial charge < -0.3 is 11.1 Å². The van der Waals surface area contributed by atoms with E-state index in [4.69, 9.17) is 5.73 Å². The van der Waals surface area contributed by atoms with Crippen molar-refractivity contribution in [1.29, 1.82) is 0 Å². The zero-order chi connectivity index (χ0) is 14.2. The van der Waals surface area contributed by atoms with Crippen molar-refractivity contribution < 1.29 is 0 Å². The van der Waals surface area contributed by atoms with Gasteiger partial charge in [-0.3, -0.25) is 0 Å². The van der Waals surface area contributed by atoms with Crippen molar-refractivity contribution >= 4 is 11.5 Å². The summed E-state index contributed by atoms with van der Waals surface area (Å²) in [6.45, 7) is 0.760. The summed E-state index contributed by atoms with van der Waals surface area (Å²) in [5, 5.41) is 14.2. The van der Waals surface area contributed by atoms with Crippen LogP contribution in [0.25, 0.3) is 0 Å². The highest BCUT2D eigenvalue weighted by molar-refractivity contribution is 5.98. The van der Waals surface area contributed by atoms with Gasteiger partial charge in [0.05, 0.1) is 7.05 Å². The molecule has 0 bridgehead atoms. The second-order valence-electron chi connectivity index (χ2n) is 4.19. The van der Waals surface area contributed by atoms with Gasteiger partial charge in [-0.15, -0.1) is 5.10 Å². The summed E-state index contributed by atoms with van der Waals surface area (Å²) < 4.78 is 0. The van der Waals surface area contributed by atoms with Gasteiger partial charge in [0.25, 0.3) is 0 Å². The van der Waals surface area contributed by atoms with Crippen LogP contribution in [0.3, 0.4) is 0 Å². The summed E-state index contributed by atoms with van der Waals surface area (Å²) in [5.41, 5.74) is 8.85. The summed E-state index contributed by atoms with van der Waals surface area (Å²) >= 11 is 0. The van der Waals surface area contributed by atoms with E-state index in [0.29, 0.717) is 5.84 Å². The van der Waals surface area contributed by atoms with E-state index < -0.39 is 0 Å². The minimum Gasteiger partial charge on any atom is -0.382 e. The van der Waals surface area contributed by atoms with Gasteiger partial charge in [-0.05, 0) is 22.9 Å². The number of amidine groups is 1. The predicted octanol–water partition coefficient (Wildman–Crippen LogP) is 3.00. The molecular formula is C15H17N5. The Balaban J connectivity index is 2.06. The Morgan fingerprint density at radius 1 is 1.10 bits per heavy atom. The van der Waals surface area contributed by atoms with Crippen LogP contribution in [0.2, 0.25) is 0 Å². The first-order valence-electron chi connectivity index (χ1n) is 6.30. The smallest absolute Gasteiger partial charge is 0.155 e. The average Bonchev–Trinajstić information content (AvgIpc) is 2.52. The van der Waals surface area contributed by atoms with Crippen LogP contribution >= 0.6 is 0 Å². The van der Waals surface area contributed by atoms with Crippen LogP contribution in [-0.2, 0) is 6.54 Å². The number of benzene rings is 2. The Morgan fingerprint density at radius 2 is 1.90 bits per heavy atom. The molecule has 2 aromatic rings. The van der Waals surface area contributed by atoms with Crippen molar-refractivity contribution in [3.63, 3.8) is 0 Å². The van der Waals surface area contributed by atoms with Crippen molar-refractivity contribution in [2.75, 3.05) is 12.4 Å². The number of rotatable bonds is 5. The van der Waals surface area contributed by atoms with Gasteiger partial charge in [0, 0.05) is 17.8 Å². The molecule has 0 aliphatic carbocycles. The molecule has 0 amide bonds. The molecule has 2 aromatic carbocycles. The van der Waals surface area contributed by atoms with E-state index in [-0.39, 0.29) is 0 Å². The molecule has 0 saturated heterocycles. The highest BCUT2D eigenvalue weighted by Gasteiger charge is 2.00. The van der Waals surface area contributed by atoms with Gasteiger partial charge in [0.2, 0.25) is 0 Å². The largest absolute Gasteiger partial charge is 0.382 e. The van der Waals surface area contributed by atoms with Gasteiger partial charge in [-0.1, -0.05) is 42.5 Å². The lowest BCUT2D eigenvalue weighted by molar-refractivity contribution is 1.02. The number of nitrogens with two attached hydrogens (primary N) is 1. The maximum atomic E-state index is 5.83. The molecular weight excluding hydrogens is 250 g/mol. The molecule has 0 radical (unpaired) electrons. The molecule has 0 spiro atoms. The molecule has 0 aromatic heterocycles. The number of nitrogens with one attached hydrogen (secondary N) is 1. The summed E-state index contributed by atoms with van der Waals surface area (Å²) in [5.74, 6) is 0.346. The summed E-state index contributed by atoms with van der Waals surface area (Å²) in [7, 11) is 1.55. The van der Waals surface area contributed by atoms with Gasteiger partial charge in [0.1, 0.15) is 0 Å². The highest BCUT2D eigenvalue weighted by Crippen LogP contribution is 2.12. The van der Waals surface area contributed by atoms with Crippen molar-refractivity contribution in [3.8, 4) is 0 Å². The lowest BCUT2D eigenvalue weighted by Gasteiger charge is -2.08. The number of hydrogen-bond donors (Lipinski definition) is 2. The van der Waals surface area contributed by atoms with Crippen molar-refractivity contribution in [3.05, 3.63) is 65.7 Å². The molecule has 0 fully saturated rings. The molecule has 5 heteroatoms. The van der Waals surface area contributed by atoms with E-state index in [1.807, 2.05) is 42.5 Å². The molecule has 0 atom stereocenters. The first kappa shape index (κ1) is 13.7. The van der Waals surface area contributed by atoms with Crippen LogP contribution < -0.4 is 11.1 Å². The third-order valence-corrected chi connectivity index (χ3v) is 2.74. The van der Waals surface area contributed by atoms with Gasteiger partial charge in [0.15, 0.2) is 5.84 Å². The zero-order valence-electron chi connectivity index (χ0n) is 11.3. The van der Waals surface area contributed by atoms with E-state index in [0.717, 1.165) is 17.8 Å². The summed E-state index contributed by atoms with van der Waals surface area (Å²) in [6.07, 6.45) is 0. The Morgan fingerprint density at radius 3 is 2.65 bits per heavy atom. The Bertz CT molecular complexity index is 605. The molecule has 20 heavy (non-hydrogen) atoms. The minimum absolute atomic E-state index is 0.346. The van der Waals surface area contributed by atoms with Crippen LogP contribution in [0.1, 0.15) is 11.1 Å². The quantitative estimate of drug-likeness (QED) is 0.378. The fraction of sp³-hybridized carbons (Fsp3) is 0.133. The normalized spacial score (nSPS) is 11.8. The molecule has 0 aliphatic heterocycles. The molecule has 102 valence electrons. The Kier molecular flexibility index (Phi) is 4.83.